The van der Waals surface area contributed by atoms with Crippen molar-refractivity contribution >= 4 is 0 Å². The average Bonchev–Trinajstić information content (AvgIpc) is 2.10. The molecule has 1 N–H and O–H groups in total. The van der Waals surface area contributed by atoms with Gasteiger partial charge in [-0.2, -0.15) is 0 Å². The van der Waals surface area contributed by atoms with Gasteiger partial charge in [0, 0.05) is 0 Å². The maximum atomic E-state index is 8.34. The quantitative estimate of drug-likeness (QED) is 0.346. The Balaban J connectivity index is 3.02. The maximum absolute atomic E-state index is 8.34. The monoisotopic (exact) mass is 168 g/mol. The van der Waals surface area contributed by atoms with Crippen molar-refractivity contribution in [2.45, 2.75) is 45.4 Å². The van der Waals surface area contributed by atoms with Crippen LogP contribution in [0.3, 0.4) is 0 Å². The van der Waals surface area contributed by atoms with Crippen LogP contribution in [-0.2, 0) is 0 Å². The van der Waals surface area contributed by atoms with Gasteiger partial charge < -0.3 is 5.11 Å². The zero-order valence-corrected chi connectivity index (χ0v) is 8.00. The van der Waals surface area contributed by atoms with Crippen molar-refractivity contribution in [1.29, 1.82) is 0 Å². The Kier molecular flexibility index (Phi) is 9.66. The summed E-state index contributed by atoms with van der Waals surface area (Å²) in [6, 6.07) is 0. The van der Waals surface area contributed by atoms with E-state index in [1.165, 1.54) is 19.3 Å². The van der Waals surface area contributed by atoms with Crippen LogP contribution < -0.4 is 0 Å². The third-order valence-electron chi connectivity index (χ3n) is 1.74. The van der Waals surface area contributed by atoms with Crippen LogP contribution in [0.5, 0.6) is 0 Å². The molecule has 1 nitrogen and oxygen atoms in total. The molecule has 0 aliphatic carbocycles. The predicted molar refractivity (Wildman–Crippen MR) is 54.3 cm³/mol. The van der Waals surface area contributed by atoms with E-state index in [2.05, 4.69) is 19.1 Å². The van der Waals surface area contributed by atoms with Crippen LogP contribution in [-0.4, -0.2) is 5.11 Å². The Bertz CT molecular complexity index is 125. The molecule has 0 radical (unpaired) electrons. The van der Waals surface area contributed by atoms with E-state index in [1.807, 2.05) is 0 Å². The minimum atomic E-state index is 0.981. The highest BCUT2D eigenvalue weighted by atomic mass is 16.2. The van der Waals surface area contributed by atoms with Gasteiger partial charge in [-0.05, 0) is 25.7 Å². The van der Waals surface area contributed by atoms with Crippen molar-refractivity contribution < 1.29 is 5.11 Å². The van der Waals surface area contributed by atoms with Gasteiger partial charge in [-0.15, -0.1) is 0 Å². The van der Waals surface area contributed by atoms with E-state index >= 15 is 0 Å². The number of aliphatic hydroxyl groups is 1. The normalized spacial score (nSPS) is 11.8. The van der Waals surface area contributed by atoms with Gasteiger partial charge in [-0.25, -0.2) is 0 Å². The summed E-state index contributed by atoms with van der Waals surface area (Å²) in [7, 11) is 0. The summed E-state index contributed by atoms with van der Waals surface area (Å²) in [6.07, 6.45) is 14.5. The summed E-state index contributed by atoms with van der Waals surface area (Å²) in [4.78, 5) is 0. The molecule has 0 amide bonds. The van der Waals surface area contributed by atoms with Gasteiger partial charge in [0.25, 0.3) is 0 Å². The molecule has 0 aromatic heterocycles. The molecule has 0 aliphatic heterocycles. The Morgan fingerprint density at radius 3 is 2.08 bits per heavy atom. The Hall–Kier alpha value is -0.720. The van der Waals surface area contributed by atoms with Crippen LogP contribution in [0.2, 0.25) is 0 Å². The summed E-state index contributed by atoms with van der Waals surface area (Å²) < 4.78 is 0. The SMILES string of the molecule is CCCCC=CCCCC=CO. The second-order valence-corrected chi connectivity index (χ2v) is 2.93. The van der Waals surface area contributed by atoms with E-state index in [9.17, 15) is 0 Å². The van der Waals surface area contributed by atoms with Crippen LogP contribution in [0.25, 0.3) is 0 Å². The topological polar surface area (TPSA) is 20.2 Å². The Labute approximate surface area is 75.8 Å². The number of unbranched alkanes of at least 4 members (excludes halogenated alkanes) is 4. The van der Waals surface area contributed by atoms with Crippen molar-refractivity contribution in [3.63, 3.8) is 0 Å². The van der Waals surface area contributed by atoms with Gasteiger partial charge in [0.2, 0.25) is 0 Å². The molecule has 0 bridgehead atoms. The van der Waals surface area contributed by atoms with Crippen molar-refractivity contribution in [1.82, 2.24) is 0 Å². The van der Waals surface area contributed by atoms with E-state index in [4.69, 9.17) is 5.11 Å². The van der Waals surface area contributed by atoms with Gasteiger partial charge in [0.15, 0.2) is 0 Å². The maximum Gasteiger partial charge on any atom is 0.0751 e. The van der Waals surface area contributed by atoms with Crippen LogP contribution >= 0.6 is 0 Å². The average molecular weight is 168 g/mol. The summed E-state index contributed by atoms with van der Waals surface area (Å²) in [5.41, 5.74) is 0. The summed E-state index contributed by atoms with van der Waals surface area (Å²) in [5, 5.41) is 8.34. The number of hydrogen-bond donors (Lipinski definition) is 1. The van der Waals surface area contributed by atoms with Crippen LogP contribution in [0.1, 0.15) is 45.4 Å². The van der Waals surface area contributed by atoms with Gasteiger partial charge in [0.05, 0.1) is 6.26 Å². The fraction of sp³-hybridized carbons (Fsp3) is 0.636. The molecule has 0 saturated carbocycles. The number of rotatable bonds is 7. The van der Waals surface area contributed by atoms with Crippen LogP contribution in [0.15, 0.2) is 24.5 Å². The lowest BCUT2D eigenvalue weighted by molar-refractivity contribution is 0.470. The summed E-state index contributed by atoms with van der Waals surface area (Å²) in [5.74, 6) is 0. The third-order valence-corrected chi connectivity index (χ3v) is 1.74. The lowest BCUT2D eigenvalue weighted by atomic mass is 10.2. The molecule has 0 aromatic rings. The molecule has 0 aliphatic rings. The van der Waals surface area contributed by atoms with Crippen LogP contribution in [0.4, 0.5) is 0 Å². The molecular formula is C11H20O. The largest absolute Gasteiger partial charge is 0.516 e. The zero-order valence-electron chi connectivity index (χ0n) is 8.00. The molecule has 0 aromatic carbocycles. The lowest BCUT2D eigenvalue weighted by Crippen LogP contribution is -1.70. The molecule has 1 heteroatoms. The standard InChI is InChI=1S/C11H20O/c1-2-3-4-5-6-7-8-9-10-11-12/h5-6,10-12H,2-4,7-9H2,1H3. The first-order chi connectivity index (χ1) is 5.91. The predicted octanol–water partition coefficient (Wildman–Crippen LogP) is 3.97. The molecule has 70 valence electrons. The Morgan fingerprint density at radius 2 is 1.50 bits per heavy atom. The van der Waals surface area contributed by atoms with Crippen LogP contribution in [0, 0.1) is 0 Å². The molecule has 0 rings (SSSR count). The molecule has 12 heavy (non-hydrogen) atoms. The van der Waals surface area contributed by atoms with Crippen molar-refractivity contribution in [3.8, 4) is 0 Å². The second-order valence-electron chi connectivity index (χ2n) is 2.93. The van der Waals surface area contributed by atoms with Gasteiger partial charge >= 0.3 is 0 Å². The van der Waals surface area contributed by atoms with Crippen molar-refractivity contribution in [2.24, 2.45) is 0 Å². The van der Waals surface area contributed by atoms with Gasteiger partial charge in [-0.3, -0.25) is 0 Å². The number of aliphatic hydroxyl groups excluding tert-OH is 1. The van der Waals surface area contributed by atoms with E-state index in [-0.39, 0.29) is 0 Å². The van der Waals surface area contributed by atoms with Crippen molar-refractivity contribution in [3.05, 3.63) is 24.5 Å². The smallest absolute Gasteiger partial charge is 0.0751 e. The van der Waals surface area contributed by atoms with E-state index < -0.39 is 0 Å². The van der Waals surface area contributed by atoms with E-state index in [0.717, 1.165) is 25.5 Å². The minimum absolute atomic E-state index is 0.981. The first-order valence-corrected chi connectivity index (χ1v) is 4.86. The van der Waals surface area contributed by atoms with Gasteiger partial charge in [0.1, 0.15) is 0 Å². The third kappa shape index (κ3) is 9.28. The fourth-order valence-electron chi connectivity index (χ4n) is 0.986. The molecular weight excluding hydrogens is 148 g/mol. The van der Waals surface area contributed by atoms with E-state index in [1.54, 1.807) is 6.08 Å². The fourth-order valence-corrected chi connectivity index (χ4v) is 0.986. The Morgan fingerprint density at radius 1 is 0.917 bits per heavy atom. The molecule has 0 atom stereocenters. The highest BCUT2D eigenvalue weighted by molar-refractivity contribution is 4.82. The summed E-state index contributed by atoms with van der Waals surface area (Å²) in [6.45, 7) is 2.21. The first kappa shape index (κ1) is 11.3. The van der Waals surface area contributed by atoms with Crippen molar-refractivity contribution in [2.75, 3.05) is 0 Å². The zero-order chi connectivity index (χ0) is 9.07. The molecule has 0 spiro atoms. The first-order valence-electron chi connectivity index (χ1n) is 4.86. The number of hydrogen-bond acceptors (Lipinski definition) is 1. The van der Waals surface area contributed by atoms with E-state index in [0.29, 0.717) is 0 Å². The number of allylic oxidation sites excluding steroid dienone is 3. The molecule has 0 unspecified atom stereocenters. The minimum Gasteiger partial charge on any atom is -0.516 e. The molecule has 0 heterocycles. The molecule has 0 fully saturated rings. The summed E-state index contributed by atoms with van der Waals surface area (Å²) >= 11 is 0. The van der Waals surface area contributed by atoms with Gasteiger partial charge in [-0.1, -0.05) is 38.0 Å². The highest BCUT2D eigenvalue weighted by Crippen LogP contribution is 2.00. The molecule has 0 saturated heterocycles. The second kappa shape index (κ2) is 10.3. The lowest BCUT2D eigenvalue weighted by Gasteiger charge is -1.90. The highest BCUT2D eigenvalue weighted by Gasteiger charge is 1.80.